The average Bonchev–Trinajstić information content (AvgIpc) is 2.87. The van der Waals surface area contributed by atoms with Crippen LogP contribution in [0.4, 0.5) is 0 Å². The Morgan fingerprint density at radius 1 is 1.40 bits per heavy atom. The number of hydrogen-bond donors (Lipinski definition) is 1. The van der Waals surface area contributed by atoms with Gasteiger partial charge in [0.2, 0.25) is 0 Å². The van der Waals surface area contributed by atoms with E-state index in [1.807, 2.05) is 12.1 Å². The zero-order chi connectivity index (χ0) is 14.6. The number of benzene rings is 1. The highest BCUT2D eigenvalue weighted by molar-refractivity contribution is 8.00. The van der Waals surface area contributed by atoms with Crippen molar-refractivity contribution in [1.29, 1.82) is 0 Å². The summed E-state index contributed by atoms with van der Waals surface area (Å²) >= 11 is 14.6. The number of hydrogen-bond acceptors (Lipinski definition) is 2. The molecule has 1 aromatic rings. The molecule has 20 heavy (non-hydrogen) atoms. The van der Waals surface area contributed by atoms with Gasteiger partial charge in [-0.15, -0.1) is 0 Å². The van der Waals surface area contributed by atoms with Crippen molar-refractivity contribution in [2.75, 3.05) is 12.3 Å². The zero-order valence-corrected chi connectivity index (χ0v) is 14.5. The summed E-state index contributed by atoms with van der Waals surface area (Å²) in [5.74, 6) is 1.27. The van der Waals surface area contributed by atoms with Gasteiger partial charge in [0, 0.05) is 10.8 Å². The van der Waals surface area contributed by atoms with Gasteiger partial charge in [0.15, 0.2) is 0 Å². The van der Waals surface area contributed by atoms with Crippen LogP contribution in [0.3, 0.4) is 0 Å². The molecule has 112 valence electrons. The van der Waals surface area contributed by atoms with Gasteiger partial charge in [-0.1, -0.05) is 42.3 Å². The van der Waals surface area contributed by atoms with Crippen molar-refractivity contribution in [3.05, 3.63) is 33.8 Å². The molecule has 0 radical (unpaired) electrons. The monoisotopic (exact) mass is 331 g/mol. The van der Waals surface area contributed by atoms with Crippen LogP contribution >= 0.6 is 35.0 Å². The van der Waals surface area contributed by atoms with Crippen LogP contribution in [0.2, 0.25) is 10.0 Å². The standard InChI is InChI=1S/C16H23Cl2NS/c1-3-9-19-14(16(2)8-5-10-20-16)11-12-6-4-7-13(17)15(12)18/h4,6-7,14,19H,3,5,8-11H2,1-2H3. The zero-order valence-electron chi connectivity index (χ0n) is 12.2. The summed E-state index contributed by atoms with van der Waals surface area (Å²) in [7, 11) is 0. The first kappa shape index (κ1) is 16.5. The molecule has 1 aromatic carbocycles. The molecule has 0 aliphatic carbocycles. The van der Waals surface area contributed by atoms with E-state index in [4.69, 9.17) is 23.2 Å². The second kappa shape index (κ2) is 7.40. The van der Waals surface area contributed by atoms with Crippen molar-refractivity contribution in [3.8, 4) is 0 Å². The van der Waals surface area contributed by atoms with E-state index < -0.39 is 0 Å². The number of nitrogens with one attached hydrogen (secondary N) is 1. The Balaban J connectivity index is 2.16. The van der Waals surface area contributed by atoms with Crippen LogP contribution in [0.5, 0.6) is 0 Å². The summed E-state index contributed by atoms with van der Waals surface area (Å²) in [5, 5.41) is 5.09. The molecule has 0 bridgehead atoms. The molecule has 1 fully saturated rings. The Morgan fingerprint density at radius 3 is 2.85 bits per heavy atom. The molecule has 2 unspecified atom stereocenters. The second-order valence-corrected chi connectivity index (χ2v) is 8.10. The van der Waals surface area contributed by atoms with Gasteiger partial charge in [-0.2, -0.15) is 11.8 Å². The fourth-order valence-corrected chi connectivity index (χ4v) is 4.63. The van der Waals surface area contributed by atoms with Gasteiger partial charge in [0.25, 0.3) is 0 Å². The molecule has 2 atom stereocenters. The van der Waals surface area contributed by atoms with Gasteiger partial charge < -0.3 is 5.32 Å². The summed E-state index contributed by atoms with van der Waals surface area (Å²) < 4.78 is 0.306. The van der Waals surface area contributed by atoms with Crippen molar-refractivity contribution in [2.24, 2.45) is 0 Å². The van der Waals surface area contributed by atoms with Gasteiger partial charge in [0.1, 0.15) is 0 Å². The first-order valence-electron chi connectivity index (χ1n) is 7.37. The predicted octanol–water partition coefficient (Wildman–Crippen LogP) is 5.19. The average molecular weight is 332 g/mol. The number of halogens is 2. The number of thioether (sulfide) groups is 1. The third-order valence-corrected chi connectivity index (χ3v) is 6.58. The van der Waals surface area contributed by atoms with E-state index in [1.54, 1.807) is 0 Å². The molecular weight excluding hydrogens is 309 g/mol. The second-order valence-electron chi connectivity index (χ2n) is 5.69. The van der Waals surface area contributed by atoms with Crippen LogP contribution < -0.4 is 5.32 Å². The fraction of sp³-hybridized carbons (Fsp3) is 0.625. The van der Waals surface area contributed by atoms with E-state index >= 15 is 0 Å². The third-order valence-electron chi connectivity index (χ3n) is 4.08. The van der Waals surface area contributed by atoms with Crippen molar-refractivity contribution in [1.82, 2.24) is 5.32 Å². The Hall–Kier alpha value is 0.110. The van der Waals surface area contributed by atoms with Crippen LogP contribution in [0.15, 0.2) is 18.2 Å². The van der Waals surface area contributed by atoms with Crippen LogP contribution in [0.25, 0.3) is 0 Å². The Morgan fingerprint density at radius 2 is 2.20 bits per heavy atom. The summed E-state index contributed by atoms with van der Waals surface area (Å²) in [6.45, 7) is 5.65. The molecule has 1 N–H and O–H groups in total. The molecule has 1 saturated heterocycles. The van der Waals surface area contributed by atoms with Gasteiger partial charge >= 0.3 is 0 Å². The topological polar surface area (TPSA) is 12.0 Å². The molecular formula is C16H23Cl2NS. The Bertz CT molecular complexity index is 444. The van der Waals surface area contributed by atoms with Gasteiger partial charge in [0.05, 0.1) is 10.0 Å². The highest BCUT2D eigenvalue weighted by Crippen LogP contribution is 2.42. The lowest BCUT2D eigenvalue weighted by molar-refractivity contribution is 0.399. The van der Waals surface area contributed by atoms with Gasteiger partial charge in [-0.25, -0.2) is 0 Å². The van der Waals surface area contributed by atoms with E-state index in [0.29, 0.717) is 20.8 Å². The van der Waals surface area contributed by atoms with Crippen molar-refractivity contribution < 1.29 is 0 Å². The minimum absolute atomic E-state index is 0.306. The molecule has 0 spiro atoms. The molecule has 1 aliphatic heterocycles. The van der Waals surface area contributed by atoms with Crippen LogP contribution in [-0.2, 0) is 6.42 Å². The van der Waals surface area contributed by atoms with E-state index in [2.05, 4.69) is 37.0 Å². The molecule has 0 aromatic heterocycles. The molecule has 0 amide bonds. The van der Waals surface area contributed by atoms with E-state index in [1.165, 1.54) is 18.6 Å². The minimum Gasteiger partial charge on any atom is -0.312 e. The summed E-state index contributed by atoms with van der Waals surface area (Å²) in [5.41, 5.74) is 1.15. The van der Waals surface area contributed by atoms with Crippen LogP contribution in [0, 0.1) is 0 Å². The van der Waals surface area contributed by atoms with E-state index in [0.717, 1.165) is 24.9 Å². The maximum absolute atomic E-state index is 6.36. The molecule has 1 nitrogen and oxygen atoms in total. The SMILES string of the molecule is CCCNC(Cc1cccc(Cl)c1Cl)C1(C)CCCS1. The molecule has 1 aliphatic rings. The minimum atomic E-state index is 0.306. The van der Waals surface area contributed by atoms with Crippen LogP contribution in [0.1, 0.15) is 38.7 Å². The quantitative estimate of drug-likeness (QED) is 0.769. The summed E-state index contributed by atoms with van der Waals surface area (Å²) in [4.78, 5) is 0. The Labute approximate surface area is 136 Å². The first-order chi connectivity index (χ1) is 9.57. The lowest BCUT2D eigenvalue weighted by Crippen LogP contribution is -2.47. The van der Waals surface area contributed by atoms with E-state index in [9.17, 15) is 0 Å². The highest BCUT2D eigenvalue weighted by Gasteiger charge is 2.37. The normalized spacial score (nSPS) is 24.0. The molecule has 2 rings (SSSR count). The largest absolute Gasteiger partial charge is 0.312 e. The molecule has 4 heteroatoms. The van der Waals surface area contributed by atoms with Crippen molar-refractivity contribution in [3.63, 3.8) is 0 Å². The van der Waals surface area contributed by atoms with Crippen LogP contribution in [-0.4, -0.2) is 23.1 Å². The smallest absolute Gasteiger partial charge is 0.0624 e. The first-order valence-corrected chi connectivity index (χ1v) is 9.11. The molecule has 1 heterocycles. The van der Waals surface area contributed by atoms with Gasteiger partial charge in [-0.3, -0.25) is 0 Å². The number of rotatable bonds is 6. The van der Waals surface area contributed by atoms with Gasteiger partial charge in [-0.05, 0) is 56.5 Å². The summed E-state index contributed by atoms with van der Waals surface area (Å²) in [6.07, 6.45) is 4.69. The van der Waals surface area contributed by atoms with Crippen molar-refractivity contribution in [2.45, 2.75) is 50.3 Å². The highest BCUT2D eigenvalue weighted by atomic mass is 35.5. The maximum Gasteiger partial charge on any atom is 0.0624 e. The van der Waals surface area contributed by atoms with Crippen molar-refractivity contribution >= 4 is 35.0 Å². The molecule has 0 saturated carbocycles. The lowest BCUT2D eigenvalue weighted by Gasteiger charge is -2.34. The summed E-state index contributed by atoms with van der Waals surface area (Å²) in [6, 6.07) is 6.39. The third kappa shape index (κ3) is 3.85. The fourth-order valence-electron chi connectivity index (χ4n) is 2.82. The predicted molar refractivity (Wildman–Crippen MR) is 92.3 cm³/mol. The lowest BCUT2D eigenvalue weighted by atomic mass is 9.90. The maximum atomic E-state index is 6.36. The Kier molecular flexibility index (Phi) is 6.09. The van der Waals surface area contributed by atoms with E-state index in [-0.39, 0.29) is 0 Å².